The Labute approximate surface area is 112 Å². The van der Waals surface area contributed by atoms with Crippen molar-refractivity contribution in [3.05, 3.63) is 24.3 Å². The lowest BCUT2D eigenvalue weighted by Crippen LogP contribution is -2.54. The van der Waals surface area contributed by atoms with Gasteiger partial charge in [0.2, 0.25) is 5.91 Å². The van der Waals surface area contributed by atoms with Gasteiger partial charge in [-0.15, -0.1) is 13.2 Å². The molecule has 20 heavy (non-hydrogen) atoms. The smallest absolute Gasteiger partial charge is 0.404 e. The minimum absolute atomic E-state index is 0.0110. The molecule has 1 unspecified atom stereocenters. The number of amides is 3. The zero-order valence-electron chi connectivity index (χ0n) is 10.4. The molecule has 1 saturated heterocycles. The lowest BCUT2D eigenvalue weighted by Gasteiger charge is -2.31. The minimum atomic E-state index is -4.86. The molecule has 5 nitrogen and oxygen atoms in total. The highest BCUT2D eigenvalue weighted by Gasteiger charge is 2.35. The quantitative estimate of drug-likeness (QED) is 0.908. The maximum atomic E-state index is 12.3. The molecule has 1 aromatic rings. The second-order valence-electron chi connectivity index (χ2n) is 4.32. The first-order valence-corrected chi connectivity index (χ1v) is 5.75. The number of halogens is 3. The highest BCUT2D eigenvalue weighted by molar-refractivity contribution is 6.07. The van der Waals surface area contributed by atoms with E-state index in [9.17, 15) is 22.8 Å². The van der Waals surface area contributed by atoms with E-state index in [1.54, 1.807) is 6.92 Å². The third-order valence-corrected chi connectivity index (χ3v) is 2.76. The Hall–Kier alpha value is -2.25. The van der Waals surface area contributed by atoms with E-state index < -0.39 is 30.0 Å². The Morgan fingerprint density at radius 3 is 2.60 bits per heavy atom. The summed E-state index contributed by atoms with van der Waals surface area (Å²) in [5.74, 6) is -1.47. The van der Waals surface area contributed by atoms with Crippen molar-refractivity contribution in [2.45, 2.75) is 13.3 Å². The van der Waals surface area contributed by atoms with Crippen molar-refractivity contribution in [1.29, 1.82) is 0 Å². The number of alkyl halides is 3. The topological polar surface area (TPSA) is 58.6 Å². The molecule has 3 amide bonds. The van der Waals surface area contributed by atoms with Crippen LogP contribution in [0.4, 0.5) is 23.7 Å². The van der Waals surface area contributed by atoms with Crippen LogP contribution in [-0.4, -0.2) is 24.8 Å². The molecule has 1 aliphatic rings. The summed E-state index contributed by atoms with van der Waals surface area (Å²) in [4.78, 5) is 24.1. The standard InChI is InChI=1S/C12H11F3N2O3/c1-7-6-17(11(19)16-10(7)18)8-4-2-3-5-9(8)20-12(13,14)15/h2-5,7H,6H2,1H3,(H,16,18,19). The van der Waals surface area contributed by atoms with Gasteiger partial charge >= 0.3 is 12.4 Å². The number of hydrogen-bond acceptors (Lipinski definition) is 3. The van der Waals surface area contributed by atoms with Crippen molar-refractivity contribution in [1.82, 2.24) is 5.32 Å². The van der Waals surface area contributed by atoms with Crippen LogP contribution in [0.25, 0.3) is 0 Å². The predicted octanol–water partition coefficient (Wildman–Crippen LogP) is 2.28. The fourth-order valence-electron chi connectivity index (χ4n) is 1.83. The average molecular weight is 288 g/mol. The van der Waals surface area contributed by atoms with Crippen molar-refractivity contribution >= 4 is 17.6 Å². The van der Waals surface area contributed by atoms with Crippen LogP contribution in [0.1, 0.15) is 6.92 Å². The predicted molar refractivity (Wildman–Crippen MR) is 63.2 cm³/mol. The second kappa shape index (κ2) is 5.03. The number of nitrogens with one attached hydrogen (secondary N) is 1. The SMILES string of the molecule is CC1CN(c2ccccc2OC(F)(F)F)C(=O)NC1=O. The van der Waals surface area contributed by atoms with Gasteiger partial charge in [0, 0.05) is 6.54 Å². The molecule has 1 aromatic carbocycles. The second-order valence-corrected chi connectivity index (χ2v) is 4.32. The van der Waals surface area contributed by atoms with E-state index in [-0.39, 0.29) is 12.2 Å². The number of urea groups is 1. The van der Waals surface area contributed by atoms with Crippen molar-refractivity contribution in [2.75, 3.05) is 11.4 Å². The molecule has 8 heteroatoms. The summed E-state index contributed by atoms with van der Waals surface area (Å²) in [6, 6.07) is 4.50. The van der Waals surface area contributed by atoms with Crippen molar-refractivity contribution in [3.63, 3.8) is 0 Å². The van der Waals surface area contributed by atoms with Crippen LogP contribution in [0.2, 0.25) is 0 Å². The number of imide groups is 1. The van der Waals surface area contributed by atoms with Gasteiger partial charge in [0.15, 0.2) is 5.75 Å². The molecular formula is C12H11F3N2O3. The number of carbonyl (C=O) groups is 2. The highest BCUT2D eigenvalue weighted by atomic mass is 19.4. The van der Waals surface area contributed by atoms with Crippen LogP contribution in [0.15, 0.2) is 24.3 Å². The molecule has 0 radical (unpaired) electrons. The fourth-order valence-corrected chi connectivity index (χ4v) is 1.83. The monoisotopic (exact) mass is 288 g/mol. The van der Waals surface area contributed by atoms with Gasteiger partial charge in [0.05, 0.1) is 11.6 Å². The third kappa shape index (κ3) is 3.01. The van der Waals surface area contributed by atoms with Gasteiger partial charge in [-0.05, 0) is 12.1 Å². The Morgan fingerprint density at radius 1 is 1.30 bits per heavy atom. The van der Waals surface area contributed by atoms with E-state index in [4.69, 9.17) is 0 Å². The third-order valence-electron chi connectivity index (χ3n) is 2.76. The molecule has 0 saturated carbocycles. The zero-order chi connectivity index (χ0) is 14.9. The summed E-state index contributed by atoms with van der Waals surface area (Å²) in [7, 11) is 0. The Balaban J connectivity index is 2.33. The Morgan fingerprint density at radius 2 is 1.95 bits per heavy atom. The molecule has 0 bridgehead atoms. The number of para-hydroxylation sites is 2. The van der Waals surface area contributed by atoms with Crippen LogP contribution in [0.5, 0.6) is 5.75 Å². The van der Waals surface area contributed by atoms with Gasteiger partial charge in [0.25, 0.3) is 0 Å². The molecule has 2 rings (SSSR count). The molecule has 1 aliphatic heterocycles. The normalized spacial score (nSPS) is 19.8. The lowest BCUT2D eigenvalue weighted by molar-refractivity contribution is -0.274. The van der Waals surface area contributed by atoms with Gasteiger partial charge in [0.1, 0.15) is 0 Å². The number of carbonyl (C=O) groups excluding carboxylic acids is 2. The number of ether oxygens (including phenoxy) is 1. The molecule has 1 heterocycles. The Kier molecular flexibility index (Phi) is 3.56. The molecule has 0 aromatic heterocycles. The summed E-state index contributed by atoms with van der Waals surface area (Å²) in [6.45, 7) is 1.56. The molecule has 0 aliphatic carbocycles. The van der Waals surface area contributed by atoms with E-state index >= 15 is 0 Å². The fraction of sp³-hybridized carbons (Fsp3) is 0.333. The maximum absolute atomic E-state index is 12.3. The number of anilines is 1. The highest BCUT2D eigenvalue weighted by Crippen LogP contribution is 2.33. The first-order valence-electron chi connectivity index (χ1n) is 5.75. The van der Waals surface area contributed by atoms with E-state index in [2.05, 4.69) is 10.1 Å². The van der Waals surface area contributed by atoms with Crippen molar-refractivity contribution in [2.24, 2.45) is 5.92 Å². The van der Waals surface area contributed by atoms with E-state index in [0.717, 1.165) is 11.0 Å². The molecule has 1 atom stereocenters. The zero-order valence-corrected chi connectivity index (χ0v) is 10.4. The van der Waals surface area contributed by atoms with E-state index in [1.807, 2.05) is 0 Å². The summed E-state index contributed by atoms with van der Waals surface area (Å²) in [5.41, 5.74) is -0.0401. The van der Waals surface area contributed by atoms with Crippen molar-refractivity contribution < 1.29 is 27.5 Å². The molecule has 0 spiro atoms. The molecule has 1 N–H and O–H groups in total. The van der Waals surface area contributed by atoms with Crippen LogP contribution in [-0.2, 0) is 4.79 Å². The van der Waals surface area contributed by atoms with E-state index in [1.165, 1.54) is 18.2 Å². The summed E-state index contributed by atoms with van der Waals surface area (Å²) < 4.78 is 40.9. The Bertz CT molecular complexity index is 545. The molecule has 108 valence electrons. The van der Waals surface area contributed by atoms with Gasteiger partial charge < -0.3 is 4.74 Å². The van der Waals surface area contributed by atoms with Gasteiger partial charge in [-0.3, -0.25) is 15.0 Å². The lowest BCUT2D eigenvalue weighted by atomic mass is 10.1. The number of benzene rings is 1. The first-order chi connectivity index (χ1) is 9.28. The maximum Gasteiger partial charge on any atom is 0.573 e. The minimum Gasteiger partial charge on any atom is -0.404 e. The van der Waals surface area contributed by atoms with Gasteiger partial charge in [-0.25, -0.2) is 4.79 Å². The largest absolute Gasteiger partial charge is 0.573 e. The van der Waals surface area contributed by atoms with Crippen LogP contribution in [0, 0.1) is 5.92 Å². The summed E-state index contributed by atoms with van der Waals surface area (Å²) in [5, 5.41) is 2.08. The van der Waals surface area contributed by atoms with Crippen LogP contribution >= 0.6 is 0 Å². The number of nitrogens with zero attached hydrogens (tertiary/aromatic N) is 1. The van der Waals surface area contributed by atoms with Gasteiger partial charge in [-0.1, -0.05) is 19.1 Å². The summed E-state index contributed by atoms with van der Waals surface area (Å²) in [6.07, 6.45) is -4.86. The average Bonchev–Trinajstić information content (AvgIpc) is 2.33. The number of rotatable bonds is 2. The van der Waals surface area contributed by atoms with Gasteiger partial charge in [-0.2, -0.15) is 0 Å². The van der Waals surface area contributed by atoms with Crippen LogP contribution in [0.3, 0.4) is 0 Å². The molecular weight excluding hydrogens is 277 g/mol. The first kappa shape index (κ1) is 14.2. The number of hydrogen-bond donors (Lipinski definition) is 1. The van der Waals surface area contributed by atoms with Crippen LogP contribution < -0.4 is 15.0 Å². The molecule has 1 fully saturated rings. The van der Waals surface area contributed by atoms with Crippen molar-refractivity contribution in [3.8, 4) is 5.75 Å². The summed E-state index contributed by atoms with van der Waals surface area (Å²) >= 11 is 0. The van der Waals surface area contributed by atoms with E-state index in [0.29, 0.717) is 0 Å².